The molecule has 0 aliphatic carbocycles. The van der Waals surface area contributed by atoms with Gasteiger partial charge in [0.15, 0.2) is 0 Å². The summed E-state index contributed by atoms with van der Waals surface area (Å²) in [7, 11) is 2.09. The molecule has 0 aliphatic rings. The lowest BCUT2D eigenvalue weighted by Crippen LogP contribution is -1.97. The number of rotatable bonds is 4. The average molecular weight is 528 g/mol. The van der Waals surface area contributed by atoms with Gasteiger partial charge in [0.25, 0.3) is 0 Å². The Bertz CT molecular complexity index is 2210. The van der Waals surface area contributed by atoms with Crippen LogP contribution >= 0.6 is 0 Å². The highest BCUT2D eigenvalue weighted by molar-refractivity contribution is 6.14. The van der Waals surface area contributed by atoms with Gasteiger partial charge in [0.05, 0.1) is 27.8 Å². The van der Waals surface area contributed by atoms with Gasteiger partial charge < -0.3 is 9.13 Å². The maximum Gasteiger partial charge on any atom is 0.140 e. The summed E-state index contributed by atoms with van der Waals surface area (Å²) in [5, 5.41) is 2.40. The van der Waals surface area contributed by atoms with Gasteiger partial charge in [-0.15, -0.1) is 0 Å². The summed E-state index contributed by atoms with van der Waals surface area (Å²) in [4.78, 5) is 13.9. The summed E-state index contributed by atoms with van der Waals surface area (Å²) in [5.41, 5.74) is 10.9. The molecule has 0 bridgehead atoms. The van der Waals surface area contributed by atoms with Gasteiger partial charge in [0.2, 0.25) is 0 Å². The number of nitrogens with zero attached hydrogens (tertiary/aromatic N) is 5. The van der Waals surface area contributed by atoms with E-state index in [1.165, 1.54) is 10.8 Å². The number of pyridine rings is 2. The van der Waals surface area contributed by atoms with Crippen molar-refractivity contribution in [2.45, 2.75) is 0 Å². The Morgan fingerprint density at radius 2 is 1.44 bits per heavy atom. The largest absolute Gasteiger partial charge is 0.327 e. The van der Waals surface area contributed by atoms with Crippen LogP contribution < -0.4 is 0 Å². The Labute approximate surface area is 237 Å². The zero-order chi connectivity index (χ0) is 27.3. The van der Waals surface area contributed by atoms with Gasteiger partial charge >= 0.3 is 0 Å². The van der Waals surface area contributed by atoms with Crippen LogP contribution in [0.15, 0.2) is 134 Å². The van der Waals surface area contributed by atoms with Crippen LogP contribution in [0.25, 0.3) is 72.3 Å². The normalized spacial score (nSPS) is 11.5. The van der Waals surface area contributed by atoms with Crippen LogP contribution in [0.2, 0.25) is 0 Å². The average Bonchev–Trinajstić information content (AvgIpc) is 3.56. The number of hydrogen-bond donors (Lipinski definition) is 0. The van der Waals surface area contributed by atoms with Crippen molar-refractivity contribution < 1.29 is 0 Å². The van der Waals surface area contributed by atoms with Crippen LogP contribution in [0.1, 0.15) is 0 Å². The molecule has 0 saturated carbocycles. The van der Waals surface area contributed by atoms with Gasteiger partial charge in [0.1, 0.15) is 5.82 Å². The highest BCUT2D eigenvalue weighted by Crippen LogP contribution is 2.40. The van der Waals surface area contributed by atoms with Crippen molar-refractivity contribution in [2.24, 2.45) is 7.05 Å². The van der Waals surface area contributed by atoms with Crippen molar-refractivity contribution >= 4 is 32.8 Å². The third-order valence-corrected chi connectivity index (χ3v) is 7.89. The SMILES string of the molecule is Cn1c(-c2ccc3c4cccc(-c5ccncc5)c4n(-c4cccc(-c5ccccn5)c4)c3c2)nc2ccccc21. The molecule has 5 heteroatoms. The molecule has 0 saturated heterocycles. The Morgan fingerprint density at radius 1 is 0.585 bits per heavy atom. The topological polar surface area (TPSA) is 48.5 Å². The summed E-state index contributed by atoms with van der Waals surface area (Å²) < 4.78 is 4.56. The summed E-state index contributed by atoms with van der Waals surface area (Å²) in [6.07, 6.45) is 5.55. The lowest BCUT2D eigenvalue weighted by Gasteiger charge is -2.13. The number of imidazole rings is 1. The number of aromatic nitrogens is 5. The molecule has 0 atom stereocenters. The van der Waals surface area contributed by atoms with E-state index in [0.29, 0.717) is 0 Å². The molecule has 194 valence electrons. The third-order valence-electron chi connectivity index (χ3n) is 7.89. The summed E-state index contributed by atoms with van der Waals surface area (Å²) >= 11 is 0. The van der Waals surface area contributed by atoms with Gasteiger partial charge in [-0.25, -0.2) is 4.98 Å². The molecule has 0 aliphatic heterocycles. The van der Waals surface area contributed by atoms with E-state index >= 15 is 0 Å². The van der Waals surface area contributed by atoms with E-state index in [4.69, 9.17) is 4.98 Å². The van der Waals surface area contributed by atoms with Crippen molar-refractivity contribution in [1.29, 1.82) is 0 Å². The quantitative estimate of drug-likeness (QED) is 0.231. The number of aryl methyl sites for hydroxylation is 1. The fourth-order valence-corrected chi connectivity index (χ4v) is 5.98. The number of para-hydroxylation sites is 3. The summed E-state index contributed by atoms with van der Waals surface area (Å²) in [6, 6.07) is 40.4. The molecule has 5 nitrogen and oxygen atoms in total. The van der Waals surface area contributed by atoms with E-state index in [0.717, 1.165) is 61.5 Å². The second-order valence-corrected chi connectivity index (χ2v) is 10.3. The van der Waals surface area contributed by atoms with E-state index in [1.807, 2.05) is 36.8 Å². The molecule has 8 rings (SSSR count). The molecular weight excluding hydrogens is 502 g/mol. The number of fused-ring (bicyclic) bond motifs is 4. The van der Waals surface area contributed by atoms with E-state index in [-0.39, 0.29) is 0 Å². The third kappa shape index (κ3) is 3.74. The molecule has 4 heterocycles. The van der Waals surface area contributed by atoms with E-state index in [9.17, 15) is 0 Å². The van der Waals surface area contributed by atoms with Crippen LogP contribution in [0, 0.1) is 0 Å². The molecule has 0 radical (unpaired) electrons. The standard InChI is InChI=1S/C36H25N5/c1-40-33-14-3-2-13-32(33)39-36(40)26-15-16-29-30-11-7-10-28(24-17-20-37-21-18-24)35(30)41(34(29)23-26)27-9-6-8-25(22-27)31-12-4-5-19-38-31/h2-23H,1H3. The molecule has 8 aromatic rings. The molecule has 0 spiro atoms. The van der Waals surface area contributed by atoms with Gasteiger partial charge in [-0.05, 0) is 60.2 Å². The fraction of sp³-hybridized carbons (Fsp3) is 0.0278. The fourth-order valence-electron chi connectivity index (χ4n) is 5.98. The zero-order valence-electron chi connectivity index (χ0n) is 22.4. The molecule has 4 aromatic heterocycles. The predicted octanol–water partition coefficient (Wildman–Crippen LogP) is 8.46. The minimum Gasteiger partial charge on any atom is -0.327 e. The smallest absolute Gasteiger partial charge is 0.140 e. The van der Waals surface area contributed by atoms with Crippen molar-refractivity contribution in [3.8, 4) is 39.5 Å². The van der Waals surface area contributed by atoms with Crippen LogP contribution in [0.5, 0.6) is 0 Å². The molecule has 0 N–H and O–H groups in total. The molecular formula is C36H25N5. The summed E-state index contributed by atoms with van der Waals surface area (Å²) in [6.45, 7) is 0. The lowest BCUT2D eigenvalue weighted by atomic mass is 10.0. The number of benzene rings is 4. The number of hydrogen-bond acceptors (Lipinski definition) is 3. The first-order valence-corrected chi connectivity index (χ1v) is 13.7. The molecule has 4 aromatic carbocycles. The van der Waals surface area contributed by atoms with Crippen molar-refractivity contribution in [3.05, 3.63) is 134 Å². The van der Waals surface area contributed by atoms with Gasteiger partial charge in [-0.1, -0.05) is 60.7 Å². The molecule has 0 fully saturated rings. The molecule has 41 heavy (non-hydrogen) atoms. The van der Waals surface area contributed by atoms with Crippen molar-refractivity contribution in [2.75, 3.05) is 0 Å². The van der Waals surface area contributed by atoms with Crippen molar-refractivity contribution in [3.63, 3.8) is 0 Å². The minimum atomic E-state index is 0.946. The Hall–Kier alpha value is -5.55. The van der Waals surface area contributed by atoms with Crippen LogP contribution in [0.4, 0.5) is 0 Å². The minimum absolute atomic E-state index is 0.946. The Morgan fingerprint density at radius 3 is 2.29 bits per heavy atom. The maximum absolute atomic E-state index is 5.00. The van der Waals surface area contributed by atoms with Crippen LogP contribution in [-0.2, 0) is 7.05 Å². The molecule has 0 amide bonds. The van der Waals surface area contributed by atoms with Crippen LogP contribution in [-0.4, -0.2) is 24.1 Å². The monoisotopic (exact) mass is 527 g/mol. The lowest BCUT2D eigenvalue weighted by molar-refractivity contribution is 0.959. The first kappa shape index (κ1) is 23.3. The summed E-state index contributed by atoms with van der Waals surface area (Å²) in [5.74, 6) is 0.946. The van der Waals surface area contributed by atoms with Gasteiger partial charge in [-0.3, -0.25) is 9.97 Å². The van der Waals surface area contributed by atoms with Crippen LogP contribution in [0.3, 0.4) is 0 Å². The van der Waals surface area contributed by atoms with Gasteiger partial charge in [0, 0.05) is 58.8 Å². The maximum atomic E-state index is 5.00. The molecule has 0 unspecified atom stereocenters. The van der Waals surface area contributed by atoms with E-state index < -0.39 is 0 Å². The zero-order valence-corrected chi connectivity index (χ0v) is 22.4. The second-order valence-electron chi connectivity index (χ2n) is 10.3. The second kappa shape index (κ2) is 9.28. The van der Waals surface area contributed by atoms with E-state index in [2.05, 4.69) is 123 Å². The first-order chi connectivity index (χ1) is 20.3. The van der Waals surface area contributed by atoms with Crippen molar-refractivity contribution in [1.82, 2.24) is 24.1 Å². The highest BCUT2D eigenvalue weighted by Gasteiger charge is 2.19. The highest BCUT2D eigenvalue weighted by atomic mass is 15.1. The van der Waals surface area contributed by atoms with E-state index in [1.54, 1.807) is 0 Å². The first-order valence-electron chi connectivity index (χ1n) is 13.7. The Balaban J connectivity index is 1.45. The Kier molecular flexibility index (Phi) is 5.28. The predicted molar refractivity (Wildman–Crippen MR) is 167 cm³/mol. The van der Waals surface area contributed by atoms with Gasteiger partial charge in [-0.2, -0.15) is 0 Å².